The highest BCUT2D eigenvalue weighted by molar-refractivity contribution is 9.11. The zero-order valence-corrected chi connectivity index (χ0v) is 9.25. The van der Waals surface area contributed by atoms with Gasteiger partial charge in [0.25, 0.3) is 0 Å². The number of hydrogen-bond donors (Lipinski definition) is 1. The number of thiophene rings is 1. The first kappa shape index (κ1) is 8.73. The summed E-state index contributed by atoms with van der Waals surface area (Å²) < 4.78 is 1.27. The van der Waals surface area contributed by atoms with Crippen LogP contribution in [-0.4, -0.2) is 6.54 Å². The second kappa shape index (κ2) is 3.48. The third kappa shape index (κ3) is 1.45. The van der Waals surface area contributed by atoms with Crippen LogP contribution < -0.4 is 5.73 Å². The van der Waals surface area contributed by atoms with E-state index in [-0.39, 0.29) is 0 Å². The minimum absolute atomic E-state index is 0.751. The van der Waals surface area contributed by atoms with Crippen molar-refractivity contribution in [2.24, 2.45) is 5.73 Å². The van der Waals surface area contributed by atoms with Crippen LogP contribution in [0.5, 0.6) is 0 Å². The van der Waals surface area contributed by atoms with Crippen LogP contribution in [0, 0.1) is 0 Å². The summed E-state index contributed by atoms with van der Waals surface area (Å²) in [6.45, 7) is 0.819. The molecule has 1 aliphatic carbocycles. The smallest absolute Gasteiger partial charge is 0.0704 e. The van der Waals surface area contributed by atoms with E-state index in [0.29, 0.717) is 0 Å². The molecule has 0 spiro atoms. The van der Waals surface area contributed by atoms with E-state index in [9.17, 15) is 0 Å². The van der Waals surface area contributed by atoms with Crippen molar-refractivity contribution in [1.29, 1.82) is 0 Å². The molecule has 1 aromatic heterocycles. The lowest BCUT2D eigenvalue weighted by Gasteiger charge is -2.05. The van der Waals surface area contributed by atoms with Crippen LogP contribution >= 0.6 is 27.3 Å². The summed E-state index contributed by atoms with van der Waals surface area (Å²) in [5, 5.41) is 0. The second-order valence-electron chi connectivity index (χ2n) is 3.25. The molecule has 12 heavy (non-hydrogen) atoms. The van der Waals surface area contributed by atoms with E-state index in [1.54, 1.807) is 10.4 Å². The number of fused-ring (bicyclic) bond motifs is 1. The lowest BCUT2D eigenvalue weighted by Crippen LogP contribution is -2.03. The molecule has 3 heteroatoms. The Labute approximate surface area is 85.1 Å². The third-order valence-corrected chi connectivity index (χ3v) is 4.30. The molecule has 1 atom stereocenters. The predicted molar refractivity (Wildman–Crippen MR) is 56.8 cm³/mol. The van der Waals surface area contributed by atoms with Crippen molar-refractivity contribution in [1.82, 2.24) is 0 Å². The van der Waals surface area contributed by atoms with E-state index < -0.39 is 0 Å². The number of halogens is 1. The molecule has 0 aliphatic heterocycles. The van der Waals surface area contributed by atoms with Gasteiger partial charge in [0.15, 0.2) is 0 Å². The zero-order valence-electron chi connectivity index (χ0n) is 6.85. The molecule has 1 unspecified atom stereocenters. The van der Waals surface area contributed by atoms with Crippen molar-refractivity contribution in [2.45, 2.75) is 25.2 Å². The normalized spacial score (nSPS) is 21.3. The SMILES string of the molecule is NCCC1CCc2cc(Br)sc21. The highest BCUT2D eigenvalue weighted by Gasteiger charge is 2.23. The van der Waals surface area contributed by atoms with Crippen LogP contribution in [-0.2, 0) is 6.42 Å². The lowest BCUT2D eigenvalue weighted by atomic mass is 10.1. The van der Waals surface area contributed by atoms with Crippen molar-refractivity contribution in [3.63, 3.8) is 0 Å². The van der Waals surface area contributed by atoms with Gasteiger partial charge in [0.2, 0.25) is 0 Å². The Morgan fingerprint density at radius 2 is 2.50 bits per heavy atom. The van der Waals surface area contributed by atoms with Gasteiger partial charge in [0.1, 0.15) is 0 Å². The van der Waals surface area contributed by atoms with Gasteiger partial charge in [-0.15, -0.1) is 11.3 Å². The molecule has 1 heterocycles. The van der Waals surface area contributed by atoms with Gasteiger partial charge in [-0.3, -0.25) is 0 Å². The first-order chi connectivity index (χ1) is 5.81. The summed E-state index contributed by atoms with van der Waals surface area (Å²) in [4.78, 5) is 1.58. The average molecular weight is 246 g/mol. The maximum atomic E-state index is 5.57. The standard InChI is InChI=1S/C9H12BrNS/c10-8-5-7-2-1-6(3-4-11)9(7)12-8/h5-6H,1-4,11H2. The van der Waals surface area contributed by atoms with Crippen LogP contribution in [0.15, 0.2) is 9.85 Å². The Morgan fingerprint density at radius 1 is 1.67 bits per heavy atom. The molecule has 1 nitrogen and oxygen atoms in total. The van der Waals surface area contributed by atoms with Gasteiger partial charge < -0.3 is 5.73 Å². The molecule has 0 saturated heterocycles. The van der Waals surface area contributed by atoms with Crippen LogP contribution in [0.1, 0.15) is 29.2 Å². The van der Waals surface area contributed by atoms with Crippen LogP contribution in [0.25, 0.3) is 0 Å². The number of rotatable bonds is 2. The summed E-state index contributed by atoms with van der Waals surface area (Å²) >= 11 is 5.41. The van der Waals surface area contributed by atoms with Gasteiger partial charge in [-0.05, 0) is 59.3 Å². The van der Waals surface area contributed by atoms with E-state index in [0.717, 1.165) is 18.9 Å². The first-order valence-corrected chi connectivity index (χ1v) is 5.90. The van der Waals surface area contributed by atoms with Crippen molar-refractivity contribution in [2.75, 3.05) is 6.54 Å². The molecule has 0 bridgehead atoms. The van der Waals surface area contributed by atoms with E-state index in [4.69, 9.17) is 5.73 Å². The lowest BCUT2D eigenvalue weighted by molar-refractivity contribution is 0.633. The molecule has 0 fully saturated rings. The van der Waals surface area contributed by atoms with Gasteiger partial charge >= 0.3 is 0 Å². The minimum Gasteiger partial charge on any atom is -0.330 e. The van der Waals surface area contributed by atoms with E-state index in [2.05, 4.69) is 22.0 Å². The van der Waals surface area contributed by atoms with Gasteiger partial charge in [0.05, 0.1) is 3.79 Å². The summed E-state index contributed by atoms with van der Waals surface area (Å²) in [6.07, 6.45) is 3.72. The second-order valence-corrected chi connectivity index (χ2v) is 5.72. The quantitative estimate of drug-likeness (QED) is 0.853. The highest BCUT2D eigenvalue weighted by Crippen LogP contribution is 2.42. The molecule has 66 valence electrons. The maximum absolute atomic E-state index is 5.57. The molecule has 0 amide bonds. The van der Waals surface area contributed by atoms with Gasteiger partial charge in [0, 0.05) is 4.88 Å². The summed E-state index contributed by atoms with van der Waals surface area (Å²) in [7, 11) is 0. The van der Waals surface area contributed by atoms with Crippen molar-refractivity contribution in [3.05, 3.63) is 20.3 Å². The Bertz CT molecular complexity index is 282. The molecule has 0 aromatic carbocycles. The zero-order chi connectivity index (χ0) is 8.55. The van der Waals surface area contributed by atoms with E-state index >= 15 is 0 Å². The van der Waals surface area contributed by atoms with Crippen molar-refractivity contribution < 1.29 is 0 Å². The fourth-order valence-corrected chi connectivity index (χ4v) is 3.79. The average Bonchev–Trinajstić information content (AvgIpc) is 2.52. The molecule has 1 aromatic rings. The topological polar surface area (TPSA) is 26.0 Å². The molecule has 1 aliphatic rings. The monoisotopic (exact) mass is 245 g/mol. The molecule has 0 saturated carbocycles. The molecule has 2 N–H and O–H groups in total. The fourth-order valence-electron chi connectivity index (χ4n) is 1.89. The van der Waals surface area contributed by atoms with E-state index in [1.807, 2.05) is 11.3 Å². The van der Waals surface area contributed by atoms with Gasteiger partial charge in [-0.25, -0.2) is 0 Å². The third-order valence-electron chi connectivity index (χ3n) is 2.46. The van der Waals surface area contributed by atoms with Crippen molar-refractivity contribution >= 4 is 27.3 Å². The summed E-state index contributed by atoms with van der Waals surface area (Å²) in [5.41, 5.74) is 7.11. The van der Waals surface area contributed by atoms with Crippen LogP contribution in [0.3, 0.4) is 0 Å². The number of nitrogens with two attached hydrogens (primary N) is 1. The van der Waals surface area contributed by atoms with Gasteiger partial charge in [-0.1, -0.05) is 0 Å². The van der Waals surface area contributed by atoms with Crippen LogP contribution in [0.2, 0.25) is 0 Å². The molecule has 2 rings (SSSR count). The van der Waals surface area contributed by atoms with E-state index in [1.165, 1.54) is 16.6 Å². The minimum atomic E-state index is 0.751. The summed E-state index contributed by atoms with van der Waals surface area (Å²) in [6, 6.07) is 2.26. The van der Waals surface area contributed by atoms with Gasteiger partial charge in [-0.2, -0.15) is 0 Å². The maximum Gasteiger partial charge on any atom is 0.0704 e. The fraction of sp³-hybridized carbons (Fsp3) is 0.556. The summed E-state index contributed by atoms with van der Waals surface area (Å²) in [5.74, 6) is 0.751. The molecular formula is C9H12BrNS. The Balaban J connectivity index is 2.22. The Hall–Kier alpha value is 0.140. The predicted octanol–water partition coefficient (Wildman–Crippen LogP) is 2.89. The Morgan fingerprint density at radius 3 is 3.25 bits per heavy atom. The van der Waals surface area contributed by atoms with Crippen molar-refractivity contribution in [3.8, 4) is 0 Å². The largest absolute Gasteiger partial charge is 0.330 e. The number of hydrogen-bond acceptors (Lipinski definition) is 2. The first-order valence-electron chi connectivity index (χ1n) is 4.29. The highest BCUT2D eigenvalue weighted by atomic mass is 79.9. The van der Waals surface area contributed by atoms with Crippen LogP contribution in [0.4, 0.5) is 0 Å². The number of aryl methyl sites for hydroxylation is 1. The molecule has 0 radical (unpaired) electrons. The Kier molecular flexibility index (Phi) is 2.53. The molecular weight excluding hydrogens is 234 g/mol.